The number of hydrogen-bond donors (Lipinski definition) is 2. The molecule has 5 nitrogen and oxygen atoms in total. The molecule has 0 bridgehead atoms. The molecule has 1 atom stereocenters. The molecule has 92 valence electrons. The third kappa shape index (κ3) is 4.22. The van der Waals surface area contributed by atoms with Crippen molar-refractivity contribution in [3.05, 3.63) is 30.1 Å². The molecule has 1 heterocycles. The Morgan fingerprint density at radius 3 is 2.41 bits per heavy atom. The van der Waals surface area contributed by atoms with E-state index < -0.39 is 12.0 Å². The summed E-state index contributed by atoms with van der Waals surface area (Å²) in [5.74, 6) is -1.20. The van der Waals surface area contributed by atoms with Crippen molar-refractivity contribution in [2.24, 2.45) is 5.92 Å². The SMILES string of the molecule is CC(C)C[C@@H](NC(=O)c1ccncc1)C(=O)O. The van der Waals surface area contributed by atoms with Crippen molar-refractivity contribution in [1.82, 2.24) is 10.3 Å². The molecule has 0 aliphatic heterocycles. The number of aliphatic carboxylic acids is 1. The first-order valence-corrected chi connectivity index (χ1v) is 5.44. The van der Waals surface area contributed by atoms with Crippen LogP contribution in [0.4, 0.5) is 0 Å². The molecule has 0 saturated carbocycles. The molecule has 0 radical (unpaired) electrons. The van der Waals surface area contributed by atoms with Crippen LogP contribution in [0.1, 0.15) is 30.6 Å². The first kappa shape index (κ1) is 13.2. The standard InChI is InChI=1S/C12H16N2O3/c1-8(2)7-10(12(16)17)14-11(15)9-3-5-13-6-4-9/h3-6,8,10H,7H2,1-2H3,(H,14,15)(H,16,17)/t10-/m1/s1. The molecule has 1 aromatic heterocycles. The molecule has 0 aromatic carbocycles. The third-order valence-electron chi connectivity index (χ3n) is 2.25. The van der Waals surface area contributed by atoms with Crippen molar-refractivity contribution >= 4 is 11.9 Å². The molecule has 0 aliphatic carbocycles. The normalized spacial score (nSPS) is 12.2. The van der Waals surface area contributed by atoms with Gasteiger partial charge in [0.05, 0.1) is 0 Å². The second-order valence-corrected chi connectivity index (χ2v) is 4.23. The maximum Gasteiger partial charge on any atom is 0.326 e. The molecule has 1 aromatic rings. The van der Waals surface area contributed by atoms with Gasteiger partial charge in [0.15, 0.2) is 0 Å². The number of nitrogens with one attached hydrogen (secondary N) is 1. The Hall–Kier alpha value is -1.91. The lowest BCUT2D eigenvalue weighted by Crippen LogP contribution is -2.41. The van der Waals surface area contributed by atoms with Gasteiger partial charge < -0.3 is 10.4 Å². The summed E-state index contributed by atoms with van der Waals surface area (Å²) in [4.78, 5) is 26.5. The fourth-order valence-electron chi connectivity index (χ4n) is 1.44. The van der Waals surface area contributed by atoms with Crippen LogP contribution in [-0.4, -0.2) is 28.0 Å². The zero-order valence-corrected chi connectivity index (χ0v) is 9.88. The van der Waals surface area contributed by atoms with Crippen molar-refractivity contribution in [1.29, 1.82) is 0 Å². The van der Waals surface area contributed by atoms with Gasteiger partial charge in [0.25, 0.3) is 5.91 Å². The Kier molecular flexibility index (Phi) is 4.63. The molecule has 0 saturated heterocycles. The number of carboxylic acids is 1. The van der Waals surface area contributed by atoms with Gasteiger partial charge >= 0.3 is 5.97 Å². The zero-order valence-electron chi connectivity index (χ0n) is 9.88. The second-order valence-electron chi connectivity index (χ2n) is 4.23. The number of carbonyl (C=O) groups excluding carboxylic acids is 1. The molecular weight excluding hydrogens is 220 g/mol. The Balaban J connectivity index is 2.68. The van der Waals surface area contributed by atoms with E-state index in [2.05, 4.69) is 10.3 Å². The first-order valence-electron chi connectivity index (χ1n) is 5.44. The zero-order chi connectivity index (χ0) is 12.8. The highest BCUT2D eigenvalue weighted by Crippen LogP contribution is 2.06. The number of aromatic nitrogens is 1. The Bertz CT molecular complexity index is 390. The lowest BCUT2D eigenvalue weighted by molar-refractivity contribution is -0.139. The summed E-state index contributed by atoms with van der Waals surface area (Å²) >= 11 is 0. The summed E-state index contributed by atoms with van der Waals surface area (Å²) in [5.41, 5.74) is 0.412. The van der Waals surface area contributed by atoms with Gasteiger partial charge in [-0.25, -0.2) is 4.79 Å². The van der Waals surface area contributed by atoms with Gasteiger partial charge in [-0.1, -0.05) is 13.8 Å². The second kappa shape index (κ2) is 5.98. The van der Waals surface area contributed by atoms with Crippen LogP contribution in [0.15, 0.2) is 24.5 Å². The van der Waals surface area contributed by atoms with Crippen LogP contribution in [-0.2, 0) is 4.79 Å². The van der Waals surface area contributed by atoms with Crippen LogP contribution in [0.5, 0.6) is 0 Å². The monoisotopic (exact) mass is 236 g/mol. The van der Waals surface area contributed by atoms with E-state index in [1.165, 1.54) is 12.4 Å². The highest BCUT2D eigenvalue weighted by atomic mass is 16.4. The van der Waals surface area contributed by atoms with Crippen LogP contribution in [0.3, 0.4) is 0 Å². The number of pyridine rings is 1. The van der Waals surface area contributed by atoms with Gasteiger partial charge in [-0.05, 0) is 24.5 Å². The smallest absolute Gasteiger partial charge is 0.326 e. The van der Waals surface area contributed by atoms with Gasteiger partial charge in [0.1, 0.15) is 6.04 Å². The summed E-state index contributed by atoms with van der Waals surface area (Å²) in [5, 5.41) is 11.5. The number of carbonyl (C=O) groups is 2. The Labute approximate surface area is 99.9 Å². The number of hydrogen-bond acceptors (Lipinski definition) is 3. The maximum atomic E-state index is 11.7. The quantitative estimate of drug-likeness (QED) is 0.807. The minimum Gasteiger partial charge on any atom is -0.480 e. The molecule has 0 spiro atoms. The minimum atomic E-state index is -1.01. The average molecular weight is 236 g/mol. The van der Waals surface area contributed by atoms with Gasteiger partial charge in [0, 0.05) is 18.0 Å². The van der Waals surface area contributed by atoms with E-state index in [1.54, 1.807) is 12.1 Å². The number of nitrogens with zero attached hydrogens (tertiary/aromatic N) is 1. The van der Waals surface area contributed by atoms with Gasteiger partial charge in [-0.3, -0.25) is 9.78 Å². The van der Waals surface area contributed by atoms with Gasteiger partial charge in [0.2, 0.25) is 0 Å². The van der Waals surface area contributed by atoms with E-state index >= 15 is 0 Å². The van der Waals surface area contributed by atoms with Crippen molar-refractivity contribution in [3.8, 4) is 0 Å². The summed E-state index contributed by atoms with van der Waals surface area (Å²) in [6.07, 6.45) is 3.40. The predicted molar refractivity (Wildman–Crippen MR) is 62.6 cm³/mol. The lowest BCUT2D eigenvalue weighted by atomic mass is 10.0. The van der Waals surface area contributed by atoms with E-state index in [9.17, 15) is 9.59 Å². The molecule has 0 fully saturated rings. The van der Waals surface area contributed by atoms with Gasteiger partial charge in [-0.15, -0.1) is 0 Å². The molecule has 0 aliphatic rings. The molecule has 0 unspecified atom stereocenters. The minimum absolute atomic E-state index is 0.203. The molecule has 5 heteroatoms. The van der Waals surface area contributed by atoms with Crippen LogP contribution in [0, 0.1) is 5.92 Å². The fraction of sp³-hybridized carbons (Fsp3) is 0.417. The van der Waals surface area contributed by atoms with E-state index in [0.717, 1.165) is 0 Å². The summed E-state index contributed by atoms with van der Waals surface area (Å²) in [7, 11) is 0. The molecule has 2 N–H and O–H groups in total. The van der Waals surface area contributed by atoms with Crippen LogP contribution in [0.2, 0.25) is 0 Å². The van der Waals surface area contributed by atoms with E-state index in [4.69, 9.17) is 5.11 Å². The summed E-state index contributed by atoms with van der Waals surface area (Å²) in [6.45, 7) is 3.82. The van der Waals surface area contributed by atoms with Crippen LogP contribution < -0.4 is 5.32 Å². The lowest BCUT2D eigenvalue weighted by Gasteiger charge is -2.16. The topological polar surface area (TPSA) is 79.3 Å². The maximum absolute atomic E-state index is 11.7. The number of rotatable bonds is 5. The Morgan fingerprint density at radius 2 is 1.94 bits per heavy atom. The van der Waals surface area contributed by atoms with Crippen molar-refractivity contribution in [2.45, 2.75) is 26.3 Å². The van der Waals surface area contributed by atoms with Crippen molar-refractivity contribution < 1.29 is 14.7 Å². The van der Waals surface area contributed by atoms with Crippen LogP contribution >= 0.6 is 0 Å². The highest BCUT2D eigenvalue weighted by molar-refractivity contribution is 5.96. The van der Waals surface area contributed by atoms with Crippen LogP contribution in [0.25, 0.3) is 0 Å². The predicted octanol–water partition coefficient (Wildman–Crippen LogP) is 1.31. The third-order valence-corrected chi connectivity index (χ3v) is 2.25. The van der Waals surface area contributed by atoms with Crippen molar-refractivity contribution in [2.75, 3.05) is 0 Å². The van der Waals surface area contributed by atoms with Crippen molar-refractivity contribution in [3.63, 3.8) is 0 Å². The molecule has 1 amide bonds. The van der Waals surface area contributed by atoms with E-state index in [1.807, 2.05) is 13.8 Å². The summed E-state index contributed by atoms with van der Waals surface area (Å²) < 4.78 is 0. The molecule has 17 heavy (non-hydrogen) atoms. The Morgan fingerprint density at radius 1 is 1.35 bits per heavy atom. The highest BCUT2D eigenvalue weighted by Gasteiger charge is 2.21. The van der Waals surface area contributed by atoms with E-state index in [0.29, 0.717) is 12.0 Å². The number of amides is 1. The molecule has 1 rings (SSSR count). The van der Waals surface area contributed by atoms with E-state index in [-0.39, 0.29) is 11.8 Å². The summed E-state index contributed by atoms with van der Waals surface area (Å²) in [6, 6.07) is 2.24. The number of carboxylic acid groups (broad SMARTS) is 1. The fourth-order valence-corrected chi connectivity index (χ4v) is 1.44. The first-order chi connectivity index (χ1) is 8.00. The largest absolute Gasteiger partial charge is 0.480 e. The average Bonchev–Trinajstić information content (AvgIpc) is 2.28. The van der Waals surface area contributed by atoms with Gasteiger partial charge in [-0.2, -0.15) is 0 Å². The molecular formula is C12H16N2O3.